The highest BCUT2D eigenvalue weighted by molar-refractivity contribution is 5.44. The summed E-state index contributed by atoms with van der Waals surface area (Å²) >= 11 is 0. The van der Waals surface area contributed by atoms with Gasteiger partial charge in [0.05, 0.1) is 6.10 Å². The number of phenolic OH excluding ortho intramolecular Hbond substituents is 2. The molecule has 6 heteroatoms. The van der Waals surface area contributed by atoms with Crippen molar-refractivity contribution in [3.05, 3.63) is 23.3 Å². The van der Waals surface area contributed by atoms with Crippen molar-refractivity contribution in [1.82, 2.24) is 0 Å². The van der Waals surface area contributed by atoms with Crippen molar-refractivity contribution >= 4 is 0 Å². The van der Waals surface area contributed by atoms with E-state index in [9.17, 15) is 8.78 Å². The second-order valence-electron chi connectivity index (χ2n) is 2.71. The molecule has 0 aliphatic heterocycles. The number of aromatic hydroxyl groups is 2. The summed E-state index contributed by atoms with van der Waals surface area (Å²) in [7, 11) is 0. The van der Waals surface area contributed by atoms with Crippen LogP contribution in [-0.4, -0.2) is 21.9 Å². The van der Waals surface area contributed by atoms with Gasteiger partial charge in [-0.3, -0.25) is 0 Å². The third-order valence-electron chi connectivity index (χ3n) is 1.78. The van der Waals surface area contributed by atoms with Gasteiger partial charge in [0.25, 0.3) is 0 Å². The summed E-state index contributed by atoms with van der Waals surface area (Å²) in [5.41, 5.74) is 4.54. The molecule has 78 valence electrons. The minimum Gasteiger partial charge on any atom is -0.502 e. The molecule has 1 aromatic carbocycles. The van der Waals surface area contributed by atoms with Crippen LogP contribution in [0.25, 0.3) is 0 Å². The average molecular weight is 205 g/mol. The van der Waals surface area contributed by atoms with Gasteiger partial charge in [-0.25, -0.2) is 8.78 Å². The number of hydrogen-bond acceptors (Lipinski definition) is 4. The zero-order chi connectivity index (χ0) is 10.9. The first-order chi connectivity index (χ1) is 6.49. The number of halogens is 2. The normalized spacial score (nSPS) is 12.9. The second kappa shape index (κ2) is 3.77. The number of benzene rings is 1. The second-order valence-corrected chi connectivity index (χ2v) is 2.71. The number of phenols is 2. The SMILES string of the molecule is NCC(O)c1cc(F)c(O)c(O)c1F. The fourth-order valence-corrected chi connectivity index (χ4v) is 0.991. The molecule has 1 atom stereocenters. The van der Waals surface area contributed by atoms with Gasteiger partial charge in [-0.15, -0.1) is 0 Å². The van der Waals surface area contributed by atoms with Crippen molar-refractivity contribution in [2.45, 2.75) is 6.10 Å². The van der Waals surface area contributed by atoms with Gasteiger partial charge in [0.2, 0.25) is 0 Å². The molecule has 0 saturated carbocycles. The molecule has 0 radical (unpaired) electrons. The number of rotatable bonds is 2. The molecule has 0 aliphatic carbocycles. The summed E-state index contributed by atoms with van der Waals surface area (Å²) < 4.78 is 25.9. The number of aliphatic hydroxyl groups is 1. The lowest BCUT2D eigenvalue weighted by molar-refractivity contribution is 0.179. The molecule has 1 rings (SSSR count). The Bertz CT molecular complexity index is 357. The first-order valence-corrected chi connectivity index (χ1v) is 3.77. The highest BCUT2D eigenvalue weighted by Crippen LogP contribution is 2.34. The summed E-state index contributed by atoms with van der Waals surface area (Å²) in [5, 5.41) is 26.8. The van der Waals surface area contributed by atoms with Crippen LogP contribution in [0.5, 0.6) is 11.5 Å². The van der Waals surface area contributed by atoms with Crippen molar-refractivity contribution in [3.63, 3.8) is 0 Å². The first-order valence-electron chi connectivity index (χ1n) is 3.77. The molecule has 0 aromatic heterocycles. The van der Waals surface area contributed by atoms with E-state index < -0.39 is 34.8 Å². The van der Waals surface area contributed by atoms with E-state index in [1.807, 2.05) is 0 Å². The monoisotopic (exact) mass is 205 g/mol. The van der Waals surface area contributed by atoms with Gasteiger partial charge in [0.1, 0.15) is 0 Å². The Balaban J connectivity index is 3.33. The molecular weight excluding hydrogens is 196 g/mol. The van der Waals surface area contributed by atoms with Crippen LogP contribution in [0.15, 0.2) is 6.07 Å². The van der Waals surface area contributed by atoms with Gasteiger partial charge >= 0.3 is 0 Å². The lowest BCUT2D eigenvalue weighted by Crippen LogP contribution is -2.13. The Hall–Kier alpha value is -1.40. The van der Waals surface area contributed by atoms with Crippen LogP contribution in [0, 0.1) is 11.6 Å². The summed E-state index contributed by atoms with van der Waals surface area (Å²) in [5.74, 6) is -4.91. The fraction of sp³-hybridized carbons (Fsp3) is 0.250. The molecule has 5 N–H and O–H groups in total. The minimum absolute atomic E-state index is 0.319. The van der Waals surface area contributed by atoms with E-state index in [2.05, 4.69) is 0 Å². The molecule has 0 bridgehead atoms. The maximum atomic E-state index is 13.1. The van der Waals surface area contributed by atoms with Gasteiger partial charge in [-0.05, 0) is 6.07 Å². The Kier molecular flexibility index (Phi) is 2.87. The van der Waals surface area contributed by atoms with Crippen LogP contribution in [0.4, 0.5) is 8.78 Å². The lowest BCUT2D eigenvalue weighted by atomic mass is 10.1. The number of nitrogens with two attached hydrogens (primary N) is 1. The van der Waals surface area contributed by atoms with Gasteiger partial charge in [-0.2, -0.15) is 0 Å². The van der Waals surface area contributed by atoms with Gasteiger partial charge in [0, 0.05) is 12.1 Å². The largest absolute Gasteiger partial charge is 0.502 e. The molecule has 0 amide bonds. The molecule has 4 nitrogen and oxygen atoms in total. The molecule has 1 unspecified atom stereocenters. The van der Waals surface area contributed by atoms with Crippen LogP contribution in [0.2, 0.25) is 0 Å². The fourth-order valence-electron chi connectivity index (χ4n) is 0.991. The third kappa shape index (κ3) is 1.61. The van der Waals surface area contributed by atoms with E-state index in [1.165, 1.54) is 0 Å². The standard InChI is InChI=1S/C8H9F2NO3/c9-4-1-3(5(12)2-11)6(10)8(14)7(4)13/h1,5,12-14H,2,11H2. The van der Waals surface area contributed by atoms with Crippen LogP contribution in [0.1, 0.15) is 11.7 Å². The van der Waals surface area contributed by atoms with Crippen LogP contribution in [-0.2, 0) is 0 Å². The van der Waals surface area contributed by atoms with E-state index in [-0.39, 0.29) is 6.54 Å². The van der Waals surface area contributed by atoms with E-state index in [0.717, 1.165) is 0 Å². The molecule has 0 heterocycles. The molecule has 14 heavy (non-hydrogen) atoms. The highest BCUT2D eigenvalue weighted by Gasteiger charge is 2.21. The average Bonchev–Trinajstić information content (AvgIpc) is 2.19. The predicted octanol–water partition coefficient (Wildman–Crippen LogP) is 0.368. The summed E-state index contributed by atoms with van der Waals surface area (Å²) in [6.45, 7) is -0.319. The minimum atomic E-state index is -1.42. The topological polar surface area (TPSA) is 86.7 Å². The van der Waals surface area contributed by atoms with Gasteiger partial charge in [-0.1, -0.05) is 0 Å². The Labute approximate surface area is 78.2 Å². The summed E-state index contributed by atoms with van der Waals surface area (Å²) in [6, 6.07) is 0.585. The van der Waals surface area contributed by atoms with Crippen molar-refractivity contribution in [1.29, 1.82) is 0 Å². The Morgan fingerprint density at radius 2 is 1.86 bits per heavy atom. The van der Waals surface area contributed by atoms with E-state index in [1.54, 1.807) is 0 Å². The van der Waals surface area contributed by atoms with Crippen LogP contribution < -0.4 is 5.73 Å². The Morgan fingerprint density at radius 3 is 2.36 bits per heavy atom. The number of hydrogen-bond donors (Lipinski definition) is 4. The maximum Gasteiger partial charge on any atom is 0.197 e. The lowest BCUT2D eigenvalue weighted by Gasteiger charge is -2.11. The van der Waals surface area contributed by atoms with Gasteiger partial charge < -0.3 is 21.1 Å². The van der Waals surface area contributed by atoms with Crippen molar-refractivity contribution in [3.8, 4) is 11.5 Å². The predicted molar refractivity (Wildman–Crippen MR) is 43.7 cm³/mol. The van der Waals surface area contributed by atoms with Crippen LogP contribution in [0.3, 0.4) is 0 Å². The quantitative estimate of drug-likeness (QED) is 0.525. The zero-order valence-corrected chi connectivity index (χ0v) is 7.04. The molecule has 1 aromatic rings. The van der Waals surface area contributed by atoms with E-state index in [0.29, 0.717) is 6.07 Å². The molecule has 0 saturated heterocycles. The molecular formula is C8H9F2NO3. The van der Waals surface area contributed by atoms with Crippen LogP contribution >= 0.6 is 0 Å². The van der Waals surface area contributed by atoms with E-state index >= 15 is 0 Å². The number of aliphatic hydroxyl groups excluding tert-OH is 1. The molecule has 0 aliphatic rings. The smallest absolute Gasteiger partial charge is 0.197 e. The highest BCUT2D eigenvalue weighted by atomic mass is 19.1. The molecule has 0 spiro atoms. The van der Waals surface area contributed by atoms with Gasteiger partial charge in [0.15, 0.2) is 23.1 Å². The zero-order valence-electron chi connectivity index (χ0n) is 7.04. The van der Waals surface area contributed by atoms with Crippen molar-refractivity contribution in [2.75, 3.05) is 6.54 Å². The van der Waals surface area contributed by atoms with E-state index in [4.69, 9.17) is 21.1 Å². The summed E-state index contributed by atoms with van der Waals surface area (Å²) in [4.78, 5) is 0. The Morgan fingerprint density at radius 1 is 1.29 bits per heavy atom. The third-order valence-corrected chi connectivity index (χ3v) is 1.78. The molecule has 0 fully saturated rings. The van der Waals surface area contributed by atoms with Crippen molar-refractivity contribution in [2.24, 2.45) is 5.73 Å². The van der Waals surface area contributed by atoms with Crippen molar-refractivity contribution < 1.29 is 24.1 Å². The maximum absolute atomic E-state index is 13.1. The summed E-state index contributed by atoms with van der Waals surface area (Å²) in [6.07, 6.45) is -1.42. The first kappa shape index (κ1) is 10.7.